The number of halogens is 1. The molecule has 4 saturated heterocycles. The van der Waals surface area contributed by atoms with E-state index in [1.165, 1.54) is 70.4 Å². The Labute approximate surface area is 589 Å². The molecule has 4 fully saturated rings. The second kappa shape index (κ2) is 42.5. The predicted molar refractivity (Wildman–Crippen MR) is 394 cm³/mol. The van der Waals surface area contributed by atoms with E-state index in [0.29, 0.717) is 12.8 Å². The van der Waals surface area contributed by atoms with Gasteiger partial charge in [0.25, 0.3) is 25.2 Å². The standard InChI is InChI=1S/C21H36N3O6P.C20H34N2O5Si.C14H20N2O5.C7H17ClNOP.C4H8O.2CH4/c1-9-10-15(6)17-18(30-31(28-8)24(13(2)3)14(4)5)19(27-7)20(29-17)23-12-11-16(25)22-21(23)26;1-9-10-13(2)15-16(27-28(7,8)20(3,4)5)17(25-6)18(26-15)22-12-11-14(23)21-19(22)24;1-4-5-8(2)11-10(18)12(20-3)13(21-11)16-7-6-9(17)15-14(16)19;1-6(2)9(7(3)4)11(5,8)10;1-2-4-5-3-1;;/h9,11-15,17-20H,1,10H2,2-8H3,(H,22,25,26);9,11-13,15-18H,1,10H2,2-8H3,(H,21,23,24);4,6-8,10-13,18H,1,5H2,2-3H3,(H,15,17,19);6-7H,1-5H3;1-4H2;2*1H4/t15-,17+,18?,19-,20+,31?;13-,15+,16?,17-,18+;8-,10?,11+,12-,13+;;;;/m000..../s1. The molecule has 564 valence electrons. The maximum Gasteiger partial charge on any atom is 0.330 e. The van der Waals surface area contributed by atoms with Crippen LogP contribution < -0.4 is 33.7 Å². The molecule has 7 rings (SSSR count). The lowest BCUT2D eigenvalue weighted by Crippen LogP contribution is -2.50. The van der Waals surface area contributed by atoms with E-state index in [0.717, 1.165) is 19.6 Å². The average Bonchev–Trinajstić information content (AvgIpc) is 1.63. The van der Waals surface area contributed by atoms with Crippen LogP contribution in [0.2, 0.25) is 18.1 Å². The molecule has 4 aliphatic rings. The summed E-state index contributed by atoms with van der Waals surface area (Å²) < 4.78 is 78.8. The third kappa shape index (κ3) is 25.4. The second-order valence-corrected chi connectivity index (χ2v) is 37.4. The Morgan fingerprint density at radius 1 is 0.612 bits per heavy atom. The molecule has 0 spiro atoms. The summed E-state index contributed by atoms with van der Waals surface area (Å²) in [4.78, 5) is 77.5. The summed E-state index contributed by atoms with van der Waals surface area (Å²) in [5, 5.41) is 10.4. The highest BCUT2D eigenvalue weighted by atomic mass is 35.7. The number of nitrogens with zero attached hydrogens (tertiary/aromatic N) is 5. The molecule has 17 atom stereocenters. The van der Waals surface area contributed by atoms with Crippen LogP contribution in [0.5, 0.6) is 0 Å². The zero-order valence-corrected chi connectivity index (χ0v) is 64.2. The second-order valence-electron chi connectivity index (χ2n) is 27.2. The largest absolute Gasteiger partial charge is 0.408 e. The molecule has 3 aromatic heterocycles. The van der Waals surface area contributed by atoms with Gasteiger partial charge in [-0.05, 0) is 135 Å². The van der Waals surface area contributed by atoms with Gasteiger partial charge in [0.15, 0.2) is 27.0 Å². The maximum atomic E-state index is 12.4. The van der Waals surface area contributed by atoms with E-state index in [-0.39, 0.29) is 80.1 Å². The number of rotatable bonds is 26. The lowest BCUT2D eigenvalue weighted by atomic mass is 9.95. The fourth-order valence-corrected chi connectivity index (χ4v) is 17.5. The van der Waals surface area contributed by atoms with E-state index in [2.05, 4.69) is 108 Å². The SMILES string of the molecule is C.C.C1CCOC1.C=CC[C@H](C)[C@H]1O[C@@H](n2ccc(=O)[nH]c2=O)[C@@H](OC)C1O.C=CC[C@H](C)[C@H]1O[C@@H](n2ccc(=O)[nH]c2=O)[C@@H](OC)C1OP(OC)N(C(C)C)C(C)C.C=CC[C@H](C)[C@H]1O[C@@H](n2ccc(=O)[nH]c2=O)[C@@H](OC)C1O[Si](C)(C)C(C)(C)C.CC(C)N(C(C)C)P(C)(=O)Cl. The van der Waals surface area contributed by atoms with Crippen molar-refractivity contribution in [1.82, 2.24) is 38.0 Å². The fourth-order valence-electron chi connectivity index (χ4n) is 11.9. The van der Waals surface area contributed by atoms with Gasteiger partial charge < -0.3 is 51.7 Å². The lowest BCUT2D eigenvalue weighted by Gasteiger charge is -2.41. The number of methoxy groups -OCH3 is 3. The minimum absolute atomic E-state index is 0. The van der Waals surface area contributed by atoms with Crippen molar-refractivity contribution in [2.24, 2.45) is 17.8 Å². The van der Waals surface area contributed by atoms with Gasteiger partial charge in [0.2, 0.25) is 6.65 Å². The topological polar surface area (TPSA) is 301 Å². The van der Waals surface area contributed by atoms with Crippen molar-refractivity contribution in [3.63, 3.8) is 0 Å². The minimum atomic E-state index is -2.58. The lowest BCUT2D eigenvalue weighted by molar-refractivity contribution is -0.0631. The van der Waals surface area contributed by atoms with Crippen LogP contribution in [0.25, 0.3) is 0 Å². The number of H-pyrrole nitrogens is 3. The van der Waals surface area contributed by atoms with Crippen molar-refractivity contribution in [3.8, 4) is 0 Å². The van der Waals surface area contributed by atoms with Crippen molar-refractivity contribution < 1.29 is 56.3 Å². The summed E-state index contributed by atoms with van der Waals surface area (Å²) in [7, 11) is 2.71. The van der Waals surface area contributed by atoms with E-state index >= 15 is 0 Å². The number of aromatic amines is 3. The molecule has 0 saturated carbocycles. The molecule has 0 aliphatic carbocycles. The molecule has 0 aromatic carbocycles. The summed E-state index contributed by atoms with van der Waals surface area (Å²) >= 11 is 5.77. The molecule has 0 amide bonds. The third-order valence-electron chi connectivity index (χ3n) is 17.3. The van der Waals surface area contributed by atoms with E-state index in [1.54, 1.807) is 34.1 Å². The summed E-state index contributed by atoms with van der Waals surface area (Å²) in [5.74, 6) is 0.218. The minimum Gasteiger partial charge on any atom is -0.408 e. The molecule has 0 bridgehead atoms. The number of aliphatic hydroxyl groups is 1. The highest BCUT2D eigenvalue weighted by Gasteiger charge is 2.54. The Bertz CT molecular complexity index is 3250. The highest BCUT2D eigenvalue weighted by molar-refractivity contribution is 7.86. The highest BCUT2D eigenvalue weighted by Crippen LogP contribution is 2.54. The third-order valence-corrected chi connectivity index (χ3v) is 26.1. The Balaban J connectivity index is 0.000000660. The van der Waals surface area contributed by atoms with Crippen molar-refractivity contribution >= 4 is 34.7 Å². The number of allylic oxidation sites excluding steroid dienone is 3. The van der Waals surface area contributed by atoms with Gasteiger partial charge in [0.1, 0.15) is 36.6 Å². The van der Waals surface area contributed by atoms with Crippen LogP contribution >= 0.6 is 26.4 Å². The Morgan fingerprint density at radius 2 is 0.949 bits per heavy atom. The van der Waals surface area contributed by atoms with E-state index in [1.807, 2.05) is 58.4 Å². The Hall–Kier alpha value is -4.09. The molecule has 30 heteroatoms. The van der Waals surface area contributed by atoms with Crippen LogP contribution in [0.15, 0.2) is 104 Å². The molecular weight excluding hydrogens is 1340 g/mol. The fraction of sp³-hybridized carbons (Fsp3) is 0.735. The number of hydrogen-bond acceptors (Lipinski definition) is 19. The van der Waals surface area contributed by atoms with Gasteiger partial charge in [-0.3, -0.25) is 47.6 Å². The van der Waals surface area contributed by atoms with Crippen molar-refractivity contribution in [2.45, 2.75) is 260 Å². The summed E-state index contributed by atoms with van der Waals surface area (Å²) in [6.07, 6.45) is 7.58. The summed E-state index contributed by atoms with van der Waals surface area (Å²) in [6.45, 7) is 45.7. The van der Waals surface area contributed by atoms with E-state index < -0.39 is 113 Å². The van der Waals surface area contributed by atoms with E-state index in [9.17, 15) is 38.4 Å². The first-order chi connectivity index (χ1) is 44.8. The van der Waals surface area contributed by atoms with Gasteiger partial charge in [0, 0.05) is 109 Å². The Kier molecular flexibility index (Phi) is 39.9. The van der Waals surface area contributed by atoms with Gasteiger partial charge in [-0.25, -0.2) is 23.7 Å². The smallest absolute Gasteiger partial charge is 0.330 e. The first kappa shape index (κ1) is 91.9. The quantitative estimate of drug-likeness (QED) is 0.0330. The number of aliphatic hydroxyl groups excluding tert-OH is 1. The molecule has 4 N–H and O–H groups in total. The summed E-state index contributed by atoms with van der Waals surface area (Å²) in [5.41, 5.74) is -3.08. The van der Waals surface area contributed by atoms with Gasteiger partial charge in [-0.15, -0.1) is 19.7 Å². The molecule has 98 heavy (non-hydrogen) atoms. The number of aromatic nitrogens is 6. The molecule has 3 aromatic rings. The van der Waals surface area contributed by atoms with Crippen molar-refractivity contribution in [3.05, 3.63) is 137 Å². The zero-order valence-electron chi connectivity index (χ0n) is 60.6. The molecule has 5 unspecified atom stereocenters. The van der Waals surface area contributed by atoms with Crippen LogP contribution in [0.4, 0.5) is 0 Å². The molecular formula is C68H123ClN8O18P2Si. The van der Waals surface area contributed by atoms with Crippen molar-refractivity contribution in [2.75, 3.05) is 48.3 Å². The summed E-state index contributed by atoms with van der Waals surface area (Å²) in [6, 6.07) is 4.71. The van der Waals surface area contributed by atoms with Gasteiger partial charge in [-0.2, -0.15) is 0 Å². The van der Waals surface area contributed by atoms with Crippen LogP contribution in [-0.2, 0) is 51.2 Å². The van der Waals surface area contributed by atoms with Gasteiger partial charge in [0.05, 0.1) is 18.3 Å². The van der Waals surface area contributed by atoms with Crippen LogP contribution in [0, 0.1) is 17.8 Å². The van der Waals surface area contributed by atoms with Crippen LogP contribution in [0.1, 0.15) is 163 Å². The maximum absolute atomic E-state index is 12.4. The molecule has 0 radical (unpaired) electrons. The monoisotopic (exact) mass is 1460 g/mol. The number of nitrogens with one attached hydrogen (secondary N) is 3. The van der Waals surface area contributed by atoms with Gasteiger partial charge >= 0.3 is 17.1 Å². The zero-order chi connectivity index (χ0) is 72.9. The first-order valence-corrected chi connectivity index (χ1v) is 40.0. The van der Waals surface area contributed by atoms with Crippen LogP contribution in [0.3, 0.4) is 0 Å². The predicted octanol–water partition coefficient (Wildman–Crippen LogP) is 11.3. The van der Waals surface area contributed by atoms with Gasteiger partial charge in [-0.1, -0.05) is 74.6 Å². The Morgan fingerprint density at radius 3 is 1.22 bits per heavy atom. The van der Waals surface area contributed by atoms with E-state index in [4.69, 9.17) is 57.9 Å². The average molecular weight is 1470 g/mol. The molecule has 26 nitrogen and oxygen atoms in total. The number of hydrogen-bond donors (Lipinski definition) is 4. The number of ether oxygens (including phenoxy) is 7. The van der Waals surface area contributed by atoms with Crippen LogP contribution in [-0.4, -0.2) is 179 Å². The first-order valence-electron chi connectivity index (χ1n) is 32.9. The normalized spacial score (nSPS) is 25.6. The molecule has 7 heterocycles. The molecule has 4 aliphatic heterocycles. The van der Waals surface area contributed by atoms with Crippen molar-refractivity contribution in [1.29, 1.82) is 0 Å².